The number of carboxylic acids is 2. The van der Waals surface area contributed by atoms with E-state index in [1.807, 2.05) is 0 Å². The minimum absolute atomic E-state index is 0.161. The van der Waals surface area contributed by atoms with Gasteiger partial charge in [-0.3, -0.25) is 14.5 Å². The molecular formula is C22H23N3O6S. The number of fused-ring (bicyclic) bond motifs is 1. The van der Waals surface area contributed by atoms with Crippen LogP contribution in [0.25, 0.3) is 10.9 Å². The first-order valence-electron chi connectivity index (χ1n) is 10.1. The summed E-state index contributed by atoms with van der Waals surface area (Å²) in [6.07, 6.45) is 1.57. The van der Waals surface area contributed by atoms with Gasteiger partial charge in [0, 0.05) is 48.8 Å². The Hall–Kier alpha value is -3.21. The van der Waals surface area contributed by atoms with Crippen molar-refractivity contribution in [3.8, 4) is 0 Å². The largest absolute Gasteiger partial charge is 0.480 e. The van der Waals surface area contributed by atoms with Gasteiger partial charge in [-0.2, -0.15) is 4.31 Å². The third-order valence-corrected chi connectivity index (χ3v) is 7.59. The number of carboxylic acid groups (broad SMARTS) is 2. The Morgan fingerprint density at radius 1 is 0.906 bits per heavy atom. The summed E-state index contributed by atoms with van der Waals surface area (Å²) in [5.41, 5.74) is 1.13. The minimum Gasteiger partial charge on any atom is -0.480 e. The van der Waals surface area contributed by atoms with Gasteiger partial charge >= 0.3 is 11.9 Å². The molecule has 2 aromatic carbocycles. The number of piperazine rings is 1. The van der Waals surface area contributed by atoms with Crippen molar-refractivity contribution in [1.29, 1.82) is 0 Å². The summed E-state index contributed by atoms with van der Waals surface area (Å²) in [4.78, 5) is 25.5. The number of rotatable bonds is 7. The number of hydrogen-bond donors (Lipinski definition) is 2. The highest BCUT2D eigenvalue weighted by Crippen LogP contribution is 2.32. The van der Waals surface area contributed by atoms with Gasteiger partial charge in [0.1, 0.15) is 12.6 Å². The summed E-state index contributed by atoms with van der Waals surface area (Å²) in [6, 6.07) is 14.2. The minimum atomic E-state index is -3.65. The van der Waals surface area contributed by atoms with Crippen molar-refractivity contribution < 1.29 is 28.2 Å². The lowest BCUT2D eigenvalue weighted by molar-refractivity contribution is -0.144. The fourth-order valence-corrected chi connectivity index (χ4v) is 5.64. The highest BCUT2D eigenvalue weighted by molar-refractivity contribution is 7.89. The summed E-state index contributed by atoms with van der Waals surface area (Å²) in [6.45, 7) is 0.516. The van der Waals surface area contributed by atoms with Crippen LogP contribution < -0.4 is 0 Å². The molecule has 0 radical (unpaired) electrons. The third-order valence-electron chi connectivity index (χ3n) is 5.67. The molecule has 1 saturated heterocycles. The van der Waals surface area contributed by atoms with Gasteiger partial charge in [-0.05, 0) is 18.2 Å². The molecule has 1 atom stereocenters. The molecule has 4 rings (SSSR count). The Morgan fingerprint density at radius 3 is 2.16 bits per heavy atom. The molecule has 2 heterocycles. The first kappa shape index (κ1) is 22.0. The molecule has 1 aliphatic heterocycles. The number of para-hydroxylation sites is 1. The highest BCUT2D eigenvalue weighted by atomic mass is 32.2. The molecular weight excluding hydrogens is 434 g/mol. The maximum absolute atomic E-state index is 12.9. The number of hydrogen-bond acceptors (Lipinski definition) is 5. The molecule has 32 heavy (non-hydrogen) atoms. The fraction of sp³-hybridized carbons (Fsp3) is 0.273. The smallest absolute Gasteiger partial charge is 0.325 e. The van der Waals surface area contributed by atoms with E-state index in [4.69, 9.17) is 0 Å². The Balaban J connectivity index is 1.61. The summed E-state index contributed by atoms with van der Waals surface area (Å²) in [7, 11) is -3.65. The number of benzene rings is 2. The van der Waals surface area contributed by atoms with Crippen molar-refractivity contribution in [2.75, 3.05) is 26.2 Å². The average molecular weight is 458 g/mol. The molecule has 0 unspecified atom stereocenters. The molecule has 168 valence electrons. The molecule has 10 heteroatoms. The van der Waals surface area contributed by atoms with Gasteiger partial charge in [0.2, 0.25) is 10.0 Å². The Labute approximate surface area is 185 Å². The van der Waals surface area contributed by atoms with Crippen LogP contribution in [0.15, 0.2) is 65.7 Å². The quantitative estimate of drug-likeness (QED) is 0.556. The summed E-state index contributed by atoms with van der Waals surface area (Å²) < 4.78 is 28.7. The zero-order valence-electron chi connectivity index (χ0n) is 17.2. The third kappa shape index (κ3) is 4.12. The van der Waals surface area contributed by atoms with E-state index in [9.17, 15) is 28.2 Å². The SMILES string of the molecule is O=C(O)Cn1cc([C@H](C(=O)O)N2CCN(S(=O)(=O)c3ccccc3)CC2)c2ccccc21. The molecule has 0 aliphatic carbocycles. The molecule has 1 fully saturated rings. The van der Waals surface area contributed by atoms with Crippen LogP contribution in [0.4, 0.5) is 0 Å². The van der Waals surface area contributed by atoms with Crippen molar-refractivity contribution in [3.05, 3.63) is 66.4 Å². The summed E-state index contributed by atoms with van der Waals surface area (Å²) >= 11 is 0. The first-order valence-corrected chi connectivity index (χ1v) is 11.5. The number of aliphatic carboxylic acids is 2. The van der Waals surface area contributed by atoms with Crippen LogP contribution in [-0.4, -0.2) is 70.5 Å². The molecule has 1 aromatic heterocycles. The highest BCUT2D eigenvalue weighted by Gasteiger charge is 2.35. The van der Waals surface area contributed by atoms with Gasteiger partial charge in [-0.1, -0.05) is 36.4 Å². The normalized spacial score (nSPS) is 16.8. The maximum Gasteiger partial charge on any atom is 0.325 e. The molecule has 2 N–H and O–H groups in total. The molecule has 9 nitrogen and oxygen atoms in total. The van der Waals surface area contributed by atoms with E-state index in [0.29, 0.717) is 16.5 Å². The van der Waals surface area contributed by atoms with Crippen molar-refractivity contribution in [2.45, 2.75) is 17.5 Å². The van der Waals surface area contributed by atoms with Crippen molar-refractivity contribution in [2.24, 2.45) is 0 Å². The van der Waals surface area contributed by atoms with Gasteiger partial charge in [-0.25, -0.2) is 8.42 Å². The molecule has 0 spiro atoms. The van der Waals surface area contributed by atoms with Crippen LogP contribution in [0.3, 0.4) is 0 Å². The van der Waals surface area contributed by atoms with Gasteiger partial charge < -0.3 is 14.8 Å². The Bertz CT molecular complexity index is 1250. The number of aromatic nitrogens is 1. The molecule has 3 aromatic rings. The van der Waals surface area contributed by atoms with Crippen molar-refractivity contribution >= 4 is 32.9 Å². The lowest BCUT2D eigenvalue weighted by Crippen LogP contribution is -2.50. The second kappa shape index (κ2) is 8.73. The molecule has 0 saturated carbocycles. The maximum atomic E-state index is 12.9. The predicted octanol–water partition coefficient (Wildman–Crippen LogP) is 1.86. The van der Waals surface area contributed by atoms with E-state index in [2.05, 4.69) is 0 Å². The Kier molecular flexibility index (Phi) is 6.00. The van der Waals surface area contributed by atoms with Crippen LogP contribution >= 0.6 is 0 Å². The molecule has 0 amide bonds. The predicted molar refractivity (Wildman–Crippen MR) is 117 cm³/mol. The Morgan fingerprint density at radius 2 is 1.53 bits per heavy atom. The lowest BCUT2D eigenvalue weighted by atomic mass is 10.0. The van der Waals surface area contributed by atoms with Crippen LogP contribution in [-0.2, 0) is 26.2 Å². The van der Waals surface area contributed by atoms with Crippen molar-refractivity contribution in [1.82, 2.24) is 13.8 Å². The van der Waals surface area contributed by atoms with E-state index >= 15 is 0 Å². The summed E-state index contributed by atoms with van der Waals surface area (Å²) in [5, 5.41) is 19.9. The van der Waals surface area contributed by atoms with Crippen LogP contribution in [0.1, 0.15) is 11.6 Å². The zero-order chi connectivity index (χ0) is 22.9. The van der Waals surface area contributed by atoms with Crippen LogP contribution in [0, 0.1) is 0 Å². The van der Waals surface area contributed by atoms with E-state index in [-0.39, 0.29) is 37.6 Å². The van der Waals surface area contributed by atoms with E-state index < -0.39 is 28.0 Å². The average Bonchev–Trinajstić information content (AvgIpc) is 3.12. The van der Waals surface area contributed by atoms with Crippen molar-refractivity contribution in [3.63, 3.8) is 0 Å². The van der Waals surface area contributed by atoms with Crippen LogP contribution in [0.2, 0.25) is 0 Å². The van der Waals surface area contributed by atoms with Gasteiger partial charge in [0.25, 0.3) is 0 Å². The molecule has 0 bridgehead atoms. The number of nitrogens with zero attached hydrogens (tertiary/aromatic N) is 3. The zero-order valence-corrected chi connectivity index (χ0v) is 18.0. The topological polar surface area (TPSA) is 120 Å². The number of sulfonamides is 1. The fourth-order valence-electron chi connectivity index (χ4n) is 4.20. The monoisotopic (exact) mass is 457 g/mol. The van der Waals surface area contributed by atoms with Crippen LogP contribution in [0.5, 0.6) is 0 Å². The first-order chi connectivity index (χ1) is 15.3. The second-order valence-electron chi connectivity index (χ2n) is 7.62. The summed E-state index contributed by atoms with van der Waals surface area (Å²) in [5.74, 6) is -2.09. The van der Waals surface area contributed by atoms with Gasteiger partial charge in [0.05, 0.1) is 4.90 Å². The van der Waals surface area contributed by atoms with E-state index in [1.54, 1.807) is 65.7 Å². The van der Waals surface area contributed by atoms with Gasteiger partial charge in [-0.15, -0.1) is 0 Å². The van der Waals surface area contributed by atoms with E-state index in [1.165, 1.54) is 8.87 Å². The van der Waals surface area contributed by atoms with Gasteiger partial charge in [0.15, 0.2) is 0 Å². The lowest BCUT2D eigenvalue weighted by Gasteiger charge is -2.37. The van der Waals surface area contributed by atoms with E-state index in [0.717, 1.165) is 0 Å². The molecule has 1 aliphatic rings. The number of carbonyl (C=O) groups is 2. The second-order valence-corrected chi connectivity index (χ2v) is 9.56. The standard InChI is InChI=1S/C22H23N3O6S/c26-20(27)15-24-14-18(17-8-4-5-9-19(17)24)21(22(28)29)23-10-12-25(13-11-23)32(30,31)16-6-2-1-3-7-16/h1-9,14,21H,10-13,15H2,(H,26,27)(H,28,29)/t21-/m1/s1.